The highest BCUT2D eigenvalue weighted by molar-refractivity contribution is 9.10. The highest BCUT2D eigenvalue weighted by Gasteiger charge is 2.08. The Bertz CT molecular complexity index is 662. The number of pyridine rings is 1. The fourth-order valence-corrected chi connectivity index (χ4v) is 2.18. The van der Waals surface area contributed by atoms with E-state index >= 15 is 0 Å². The summed E-state index contributed by atoms with van der Waals surface area (Å²) in [4.78, 5) is 4.02. The van der Waals surface area contributed by atoms with Crippen molar-refractivity contribution >= 4 is 15.9 Å². The molecule has 3 rings (SSSR count). The highest BCUT2D eigenvalue weighted by Crippen LogP contribution is 2.13. The van der Waals surface area contributed by atoms with Gasteiger partial charge in [0.15, 0.2) is 5.82 Å². The first-order valence-electron chi connectivity index (χ1n) is 6.30. The van der Waals surface area contributed by atoms with Crippen LogP contribution in [0.1, 0.15) is 17.1 Å². The van der Waals surface area contributed by atoms with Crippen LogP contribution in [0.15, 0.2) is 47.1 Å². The molecule has 7 heteroatoms. The summed E-state index contributed by atoms with van der Waals surface area (Å²) in [7, 11) is 0. The van der Waals surface area contributed by atoms with E-state index in [4.69, 9.17) is 0 Å². The number of hydrogen-bond donors (Lipinski definition) is 0. The van der Waals surface area contributed by atoms with Crippen LogP contribution < -0.4 is 0 Å². The minimum Gasteiger partial charge on any atom is -0.256 e. The predicted octanol–water partition coefficient (Wildman–Crippen LogP) is 2.61. The molecule has 2 aromatic heterocycles. The van der Waals surface area contributed by atoms with Gasteiger partial charge >= 0.3 is 0 Å². The van der Waals surface area contributed by atoms with Crippen molar-refractivity contribution in [3.05, 3.63) is 70.0 Å². The van der Waals surface area contributed by atoms with Gasteiger partial charge < -0.3 is 0 Å². The maximum Gasteiger partial charge on any atom is 0.156 e. The minimum atomic E-state index is -0.356. The summed E-state index contributed by atoms with van der Waals surface area (Å²) in [6.45, 7) is 0.416. The maximum absolute atomic E-state index is 12.9. The first kappa shape index (κ1) is 13.8. The molecule has 0 N–H and O–H groups in total. The molecule has 0 bridgehead atoms. The second-order valence-electron chi connectivity index (χ2n) is 4.52. The fraction of sp³-hybridized carbons (Fsp3) is 0.143. The van der Waals surface area contributed by atoms with Crippen molar-refractivity contribution in [3.63, 3.8) is 0 Å². The van der Waals surface area contributed by atoms with Crippen LogP contribution in [0.2, 0.25) is 0 Å². The zero-order chi connectivity index (χ0) is 14.7. The third-order valence-electron chi connectivity index (χ3n) is 2.98. The third-order valence-corrected chi connectivity index (χ3v) is 3.51. The SMILES string of the molecule is Fc1ccc(Cn2nnnc2Cc2ccc(Br)cc2)nc1. The van der Waals surface area contributed by atoms with Crippen LogP contribution in [0, 0.1) is 5.82 Å². The van der Waals surface area contributed by atoms with Gasteiger partial charge in [-0.25, -0.2) is 9.07 Å². The summed E-state index contributed by atoms with van der Waals surface area (Å²) >= 11 is 3.40. The molecule has 0 saturated heterocycles. The number of nitrogens with zero attached hydrogens (tertiary/aromatic N) is 5. The molecule has 1 aromatic carbocycles. The normalized spacial score (nSPS) is 10.8. The lowest BCUT2D eigenvalue weighted by Crippen LogP contribution is -2.09. The zero-order valence-corrected chi connectivity index (χ0v) is 12.5. The molecule has 0 atom stereocenters. The third kappa shape index (κ3) is 3.49. The summed E-state index contributed by atoms with van der Waals surface area (Å²) < 4.78 is 15.5. The summed E-state index contributed by atoms with van der Waals surface area (Å²) in [5.41, 5.74) is 1.82. The molecule has 106 valence electrons. The van der Waals surface area contributed by atoms with Gasteiger partial charge in [0.25, 0.3) is 0 Å². The molecule has 0 aliphatic rings. The lowest BCUT2D eigenvalue weighted by molar-refractivity contribution is 0.598. The monoisotopic (exact) mass is 347 g/mol. The van der Waals surface area contributed by atoms with Gasteiger partial charge in [-0.15, -0.1) is 5.10 Å². The summed E-state index contributed by atoms with van der Waals surface area (Å²) in [6.07, 6.45) is 1.82. The van der Waals surface area contributed by atoms with Gasteiger partial charge in [-0.3, -0.25) is 4.98 Å². The number of hydrogen-bond acceptors (Lipinski definition) is 4. The van der Waals surface area contributed by atoms with Crippen molar-refractivity contribution in [1.82, 2.24) is 25.2 Å². The summed E-state index contributed by atoms with van der Waals surface area (Å²) in [6, 6.07) is 11.0. The van der Waals surface area contributed by atoms with E-state index in [0.29, 0.717) is 18.7 Å². The maximum atomic E-state index is 12.9. The topological polar surface area (TPSA) is 56.5 Å². The van der Waals surface area contributed by atoms with Gasteiger partial charge in [-0.2, -0.15) is 0 Å². The smallest absolute Gasteiger partial charge is 0.156 e. The van der Waals surface area contributed by atoms with Crippen molar-refractivity contribution in [2.45, 2.75) is 13.0 Å². The van der Waals surface area contributed by atoms with Gasteiger partial charge in [0.05, 0.1) is 18.4 Å². The molecule has 0 unspecified atom stereocenters. The molecular formula is C14H11BrFN5. The Kier molecular flexibility index (Phi) is 4.01. The van der Waals surface area contributed by atoms with Crippen molar-refractivity contribution < 1.29 is 4.39 Å². The molecule has 0 fully saturated rings. The quantitative estimate of drug-likeness (QED) is 0.727. The predicted molar refractivity (Wildman–Crippen MR) is 78.1 cm³/mol. The second kappa shape index (κ2) is 6.09. The standard InChI is InChI=1S/C14H11BrFN5/c15-11-3-1-10(2-4-11)7-14-18-19-20-21(14)9-13-6-5-12(16)8-17-13/h1-6,8H,7,9H2. The van der Waals surface area contributed by atoms with Gasteiger partial charge in [0, 0.05) is 10.9 Å². The molecule has 21 heavy (non-hydrogen) atoms. The molecule has 2 heterocycles. The highest BCUT2D eigenvalue weighted by atomic mass is 79.9. The lowest BCUT2D eigenvalue weighted by Gasteiger charge is -2.04. The largest absolute Gasteiger partial charge is 0.256 e. The van der Waals surface area contributed by atoms with E-state index in [0.717, 1.165) is 15.9 Å². The van der Waals surface area contributed by atoms with Crippen LogP contribution in [0.25, 0.3) is 0 Å². The van der Waals surface area contributed by atoms with Crippen molar-refractivity contribution in [2.24, 2.45) is 0 Å². The Morgan fingerprint density at radius 2 is 1.90 bits per heavy atom. The fourth-order valence-electron chi connectivity index (χ4n) is 1.91. The Hall–Kier alpha value is -2.15. The molecule has 0 spiro atoms. The molecule has 0 aliphatic heterocycles. The van der Waals surface area contributed by atoms with E-state index in [1.807, 2.05) is 24.3 Å². The number of rotatable bonds is 4. The van der Waals surface area contributed by atoms with Crippen molar-refractivity contribution in [1.29, 1.82) is 0 Å². The Labute approximate surface area is 129 Å². The summed E-state index contributed by atoms with van der Waals surface area (Å²) in [5, 5.41) is 11.7. The number of benzene rings is 1. The van der Waals surface area contributed by atoms with Crippen molar-refractivity contribution in [2.75, 3.05) is 0 Å². The number of tetrazole rings is 1. The average Bonchev–Trinajstić information content (AvgIpc) is 2.91. The van der Waals surface area contributed by atoms with Crippen LogP contribution in [-0.4, -0.2) is 25.2 Å². The molecular weight excluding hydrogens is 337 g/mol. The first-order chi connectivity index (χ1) is 10.2. The molecule has 0 radical (unpaired) electrons. The van der Waals surface area contributed by atoms with E-state index in [2.05, 4.69) is 36.4 Å². The van der Waals surface area contributed by atoms with Gasteiger partial charge in [-0.1, -0.05) is 28.1 Å². The van der Waals surface area contributed by atoms with E-state index in [1.165, 1.54) is 12.3 Å². The Balaban J connectivity index is 1.77. The Morgan fingerprint density at radius 3 is 2.62 bits per heavy atom. The number of halogens is 2. The van der Waals surface area contributed by atoms with E-state index in [-0.39, 0.29) is 5.82 Å². The molecule has 3 aromatic rings. The molecule has 5 nitrogen and oxygen atoms in total. The van der Waals surface area contributed by atoms with Crippen LogP contribution >= 0.6 is 15.9 Å². The van der Waals surface area contributed by atoms with Crippen LogP contribution in [-0.2, 0) is 13.0 Å². The van der Waals surface area contributed by atoms with E-state index in [1.54, 1.807) is 10.7 Å². The van der Waals surface area contributed by atoms with E-state index in [9.17, 15) is 4.39 Å². The molecule has 0 amide bonds. The summed E-state index contributed by atoms with van der Waals surface area (Å²) in [5.74, 6) is 0.383. The lowest BCUT2D eigenvalue weighted by atomic mass is 10.1. The van der Waals surface area contributed by atoms with Crippen LogP contribution in [0.3, 0.4) is 0 Å². The van der Waals surface area contributed by atoms with Gasteiger partial charge in [0.2, 0.25) is 0 Å². The molecule has 0 aliphatic carbocycles. The second-order valence-corrected chi connectivity index (χ2v) is 5.44. The zero-order valence-electron chi connectivity index (χ0n) is 10.9. The van der Waals surface area contributed by atoms with E-state index < -0.39 is 0 Å². The van der Waals surface area contributed by atoms with Crippen LogP contribution in [0.4, 0.5) is 4.39 Å². The van der Waals surface area contributed by atoms with Gasteiger partial charge in [0.1, 0.15) is 5.82 Å². The number of aromatic nitrogens is 5. The molecule has 0 saturated carbocycles. The Morgan fingerprint density at radius 1 is 1.10 bits per heavy atom. The minimum absolute atomic E-state index is 0.356. The van der Waals surface area contributed by atoms with Crippen molar-refractivity contribution in [3.8, 4) is 0 Å². The van der Waals surface area contributed by atoms with Crippen LogP contribution in [0.5, 0.6) is 0 Å². The van der Waals surface area contributed by atoms with Gasteiger partial charge in [-0.05, 0) is 40.3 Å². The average molecular weight is 348 g/mol. The first-order valence-corrected chi connectivity index (χ1v) is 7.10.